The molecule has 92 valence electrons. The summed E-state index contributed by atoms with van der Waals surface area (Å²) in [5, 5.41) is 3.42. The molecule has 18 heavy (non-hydrogen) atoms. The van der Waals surface area contributed by atoms with Crippen LogP contribution in [-0.4, -0.2) is 5.91 Å². The molecule has 0 unspecified atom stereocenters. The van der Waals surface area contributed by atoms with Crippen LogP contribution in [0.4, 0.5) is 5.69 Å². The summed E-state index contributed by atoms with van der Waals surface area (Å²) in [4.78, 5) is 12.0. The van der Waals surface area contributed by atoms with E-state index < -0.39 is 0 Å². The van der Waals surface area contributed by atoms with Crippen molar-refractivity contribution in [3.8, 4) is 0 Å². The Bertz CT molecular complexity index is 564. The summed E-state index contributed by atoms with van der Waals surface area (Å²) in [6.45, 7) is 0. The molecule has 0 atom stereocenters. The molecule has 0 bridgehead atoms. The van der Waals surface area contributed by atoms with Crippen molar-refractivity contribution in [1.29, 1.82) is 0 Å². The number of carbonyl (C=O) groups is 1. The van der Waals surface area contributed by atoms with Crippen LogP contribution in [0.2, 0.25) is 5.02 Å². The lowest BCUT2D eigenvalue weighted by Gasteiger charge is -2.10. The van der Waals surface area contributed by atoms with Crippen molar-refractivity contribution in [2.75, 3.05) is 5.32 Å². The van der Waals surface area contributed by atoms with Crippen LogP contribution < -0.4 is 5.32 Å². The number of carbonyl (C=O) groups excluding carboxylic acids is 1. The summed E-state index contributed by atoms with van der Waals surface area (Å²) in [5.74, 6) is -0.167. The number of nitrogens with one attached hydrogen (secondary N) is 1. The molecule has 0 aliphatic rings. The van der Waals surface area contributed by atoms with Gasteiger partial charge in [-0.2, -0.15) is 0 Å². The van der Waals surface area contributed by atoms with Crippen LogP contribution in [0.15, 0.2) is 51.4 Å². The molecule has 0 aliphatic carbocycles. The fraction of sp³-hybridized carbons (Fsp3) is 0. The first-order valence-electron chi connectivity index (χ1n) is 5.09. The lowest BCUT2D eigenvalue weighted by molar-refractivity contribution is 0.102. The first-order chi connectivity index (χ1) is 8.58. The Morgan fingerprint density at radius 1 is 1.06 bits per heavy atom. The van der Waals surface area contributed by atoms with Crippen molar-refractivity contribution < 1.29 is 4.79 Å². The Morgan fingerprint density at radius 3 is 2.17 bits per heavy atom. The van der Waals surface area contributed by atoms with Crippen molar-refractivity contribution in [2.24, 2.45) is 0 Å². The number of halogens is 3. The zero-order chi connectivity index (χ0) is 13.1. The molecule has 0 fully saturated rings. The normalized spacial score (nSPS) is 10.2. The van der Waals surface area contributed by atoms with Crippen molar-refractivity contribution in [3.63, 3.8) is 0 Å². The monoisotopic (exact) mass is 387 g/mol. The van der Waals surface area contributed by atoms with E-state index in [0.29, 0.717) is 16.3 Å². The van der Waals surface area contributed by atoms with Crippen LogP contribution in [0.5, 0.6) is 0 Å². The van der Waals surface area contributed by atoms with E-state index in [4.69, 9.17) is 11.6 Å². The van der Waals surface area contributed by atoms with Crippen molar-refractivity contribution >= 4 is 55.1 Å². The summed E-state index contributed by atoms with van der Waals surface area (Å²) in [6.07, 6.45) is 0. The largest absolute Gasteiger partial charge is 0.320 e. The third-order valence-electron chi connectivity index (χ3n) is 2.28. The van der Waals surface area contributed by atoms with Crippen LogP contribution in [0.3, 0.4) is 0 Å². The van der Waals surface area contributed by atoms with Gasteiger partial charge in [-0.1, -0.05) is 29.8 Å². The van der Waals surface area contributed by atoms with Gasteiger partial charge in [-0.05, 0) is 56.1 Å². The standard InChI is InChI=1S/C13H8Br2ClNO/c14-10-6-9(16)7-11(15)12(10)17-13(18)8-4-2-1-3-5-8/h1-7H,(H,17,18). The minimum atomic E-state index is -0.167. The van der Waals surface area contributed by atoms with Crippen LogP contribution in [-0.2, 0) is 0 Å². The van der Waals surface area contributed by atoms with Gasteiger partial charge in [-0.25, -0.2) is 0 Å². The van der Waals surface area contributed by atoms with Gasteiger partial charge in [0.05, 0.1) is 5.69 Å². The number of anilines is 1. The zero-order valence-electron chi connectivity index (χ0n) is 9.08. The quantitative estimate of drug-likeness (QED) is 0.759. The fourth-order valence-electron chi connectivity index (χ4n) is 1.44. The number of amides is 1. The molecule has 0 saturated heterocycles. The Morgan fingerprint density at radius 2 is 1.61 bits per heavy atom. The highest BCUT2D eigenvalue weighted by molar-refractivity contribution is 9.11. The van der Waals surface area contributed by atoms with E-state index in [-0.39, 0.29) is 5.91 Å². The third kappa shape index (κ3) is 3.13. The maximum absolute atomic E-state index is 12.0. The molecule has 0 heterocycles. The predicted molar refractivity (Wildman–Crippen MR) is 81.2 cm³/mol. The highest BCUT2D eigenvalue weighted by Crippen LogP contribution is 2.34. The van der Waals surface area contributed by atoms with Gasteiger partial charge >= 0.3 is 0 Å². The SMILES string of the molecule is O=C(Nc1c(Br)cc(Cl)cc1Br)c1ccccc1. The zero-order valence-corrected chi connectivity index (χ0v) is 13.0. The fourth-order valence-corrected chi connectivity index (χ4v) is 3.30. The molecule has 5 heteroatoms. The molecule has 1 N–H and O–H groups in total. The van der Waals surface area contributed by atoms with Crippen molar-refractivity contribution in [2.45, 2.75) is 0 Å². The molecule has 1 amide bonds. The summed E-state index contributed by atoms with van der Waals surface area (Å²) in [6, 6.07) is 12.5. The van der Waals surface area contributed by atoms with Crippen LogP contribution in [0.25, 0.3) is 0 Å². The second-order valence-electron chi connectivity index (χ2n) is 3.56. The highest BCUT2D eigenvalue weighted by atomic mass is 79.9. The summed E-state index contributed by atoms with van der Waals surface area (Å²) in [7, 11) is 0. The topological polar surface area (TPSA) is 29.1 Å². The summed E-state index contributed by atoms with van der Waals surface area (Å²) in [5.41, 5.74) is 1.26. The summed E-state index contributed by atoms with van der Waals surface area (Å²) < 4.78 is 1.46. The first-order valence-corrected chi connectivity index (χ1v) is 7.05. The average Bonchev–Trinajstić information content (AvgIpc) is 2.34. The molecule has 0 aliphatic heterocycles. The molecule has 2 rings (SSSR count). The smallest absolute Gasteiger partial charge is 0.255 e. The molecule has 0 aromatic heterocycles. The predicted octanol–water partition coefficient (Wildman–Crippen LogP) is 5.12. The van der Waals surface area contributed by atoms with E-state index in [1.807, 2.05) is 18.2 Å². The average molecular weight is 389 g/mol. The van der Waals surface area contributed by atoms with Crippen LogP contribution >= 0.6 is 43.5 Å². The molecule has 2 nitrogen and oxygen atoms in total. The van der Waals surface area contributed by atoms with E-state index in [1.54, 1.807) is 24.3 Å². The minimum absolute atomic E-state index is 0.167. The van der Waals surface area contributed by atoms with Crippen molar-refractivity contribution in [1.82, 2.24) is 0 Å². The lowest BCUT2D eigenvalue weighted by Crippen LogP contribution is -2.12. The van der Waals surface area contributed by atoms with Gasteiger partial charge in [-0.3, -0.25) is 4.79 Å². The second-order valence-corrected chi connectivity index (χ2v) is 5.71. The van der Waals surface area contributed by atoms with E-state index >= 15 is 0 Å². The molecule has 0 spiro atoms. The van der Waals surface area contributed by atoms with Crippen molar-refractivity contribution in [3.05, 3.63) is 62.0 Å². The van der Waals surface area contributed by atoms with Crippen LogP contribution in [0.1, 0.15) is 10.4 Å². The first kappa shape index (κ1) is 13.6. The maximum Gasteiger partial charge on any atom is 0.255 e. The number of benzene rings is 2. The third-order valence-corrected chi connectivity index (χ3v) is 3.75. The Hall–Kier alpha value is -0.840. The van der Waals surface area contributed by atoms with Gasteiger partial charge in [0.1, 0.15) is 0 Å². The van der Waals surface area contributed by atoms with Gasteiger partial charge in [0.2, 0.25) is 0 Å². The molecule has 2 aromatic carbocycles. The van der Waals surface area contributed by atoms with E-state index in [1.165, 1.54) is 0 Å². The van der Waals surface area contributed by atoms with Gasteiger partial charge in [0, 0.05) is 19.5 Å². The van der Waals surface area contributed by atoms with Crippen LogP contribution in [0, 0.1) is 0 Å². The van der Waals surface area contributed by atoms with E-state index in [2.05, 4.69) is 37.2 Å². The molecule has 0 radical (unpaired) electrons. The Balaban J connectivity index is 2.28. The Labute approximate surface area is 127 Å². The minimum Gasteiger partial charge on any atom is -0.320 e. The molecular weight excluding hydrogens is 381 g/mol. The number of rotatable bonds is 2. The van der Waals surface area contributed by atoms with Gasteiger partial charge < -0.3 is 5.32 Å². The second kappa shape index (κ2) is 5.87. The molecule has 0 saturated carbocycles. The molecular formula is C13H8Br2ClNO. The lowest BCUT2D eigenvalue weighted by atomic mass is 10.2. The van der Waals surface area contributed by atoms with E-state index in [0.717, 1.165) is 8.95 Å². The molecule has 2 aromatic rings. The summed E-state index contributed by atoms with van der Waals surface area (Å²) >= 11 is 12.6. The van der Waals surface area contributed by atoms with E-state index in [9.17, 15) is 4.79 Å². The van der Waals surface area contributed by atoms with Gasteiger partial charge in [0.15, 0.2) is 0 Å². The Kier molecular flexibility index (Phi) is 4.43. The van der Waals surface area contributed by atoms with Gasteiger partial charge in [0.25, 0.3) is 5.91 Å². The number of hydrogen-bond acceptors (Lipinski definition) is 1. The van der Waals surface area contributed by atoms with Gasteiger partial charge in [-0.15, -0.1) is 0 Å². The number of hydrogen-bond donors (Lipinski definition) is 1. The highest BCUT2D eigenvalue weighted by Gasteiger charge is 2.11. The maximum atomic E-state index is 12.0.